The third-order valence-corrected chi connectivity index (χ3v) is 3.70. The highest BCUT2D eigenvalue weighted by Gasteiger charge is 2.39. The molecule has 0 bridgehead atoms. The van der Waals surface area contributed by atoms with Crippen LogP contribution < -0.4 is 5.73 Å². The molecule has 0 aromatic heterocycles. The standard InChI is InChI=1S/C12H25NO2/c1-8-9(2)15-10(3)12(8)11(13)6-5-7-14-4/h8-12H,5-7,13H2,1-4H3. The second-order valence-electron chi connectivity index (χ2n) is 4.78. The molecule has 1 rings (SSSR count). The fraction of sp³-hybridized carbons (Fsp3) is 1.00. The SMILES string of the molecule is COCCCC(N)C1C(C)OC(C)C1C. The molecule has 1 fully saturated rings. The highest BCUT2D eigenvalue weighted by Crippen LogP contribution is 2.34. The molecule has 0 amide bonds. The molecule has 0 spiro atoms. The van der Waals surface area contributed by atoms with Gasteiger partial charge in [-0.3, -0.25) is 0 Å². The van der Waals surface area contributed by atoms with E-state index in [1.165, 1.54) is 0 Å². The summed E-state index contributed by atoms with van der Waals surface area (Å²) in [6.45, 7) is 7.33. The van der Waals surface area contributed by atoms with Gasteiger partial charge >= 0.3 is 0 Å². The zero-order valence-electron chi connectivity index (χ0n) is 10.4. The van der Waals surface area contributed by atoms with Gasteiger partial charge in [0.1, 0.15) is 0 Å². The molecule has 0 radical (unpaired) electrons. The van der Waals surface area contributed by atoms with Crippen molar-refractivity contribution in [2.75, 3.05) is 13.7 Å². The van der Waals surface area contributed by atoms with E-state index in [1.54, 1.807) is 7.11 Å². The van der Waals surface area contributed by atoms with Gasteiger partial charge in [0.05, 0.1) is 12.2 Å². The molecule has 90 valence electrons. The molecule has 0 saturated carbocycles. The first-order chi connectivity index (χ1) is 7.07. The van der Waals surface area contributed by atoms with Crippen LogP contribution in [0.25, 0.3) is 0 Å². The molecule has 1 aliphatic heterocycles. The van der Waals surface area contributed by atoms with Crippen LogP contribution in [-0.2, 0) is 9.47 Å². The Hall–Kier alpha value is -0.120. The van der Waals surface area contributed by atoms with Crippen molar-refractivity contribution in [3.63, 3.8) is 0 Å². The van der Waals surface area contributed by atoms with Gasteiger partial charge < -0.3 is 15.2 Å². The molecule has 3 heteroatoms. The van der Waals surface area contributed by atoms with Crippen molar-refractivity contribution in [2.45, 2.75) is 51.9 Å². The van der Waals surface area contributed by atoms with Crippen molar-refractivity contribution in [3.05, 3.63) is 0 Å². The summed E-state index contributed by atoms with van der Waals surface area (Å²) < 4.78 is 10.8. The van der Waals surface area contributed by atoms with Crippen LogP contribution in [0, 0.1) is 11.8 Å². The third-order valence-electron chi connectivity index (χ3n) is 3.70. The second kappa shape index (κ2) is 5.83. The summed E-state index contributed by atoms with van der Waals surface area (Å²) in [7, 11) is 1.73. The molecule has 5 atom stereocenters. The lowest BCUT2D eigenvalue weighted by Crippen LogP contribution is -2.37. The molecule has 1 aliphatic rings. The maximum absolute atomic E-state index is 6.23. The van der Waals surface area contributed by atoms with Gasteiger partial charge in [-0.2, -0.15) is 0 Å². The van der Waals surface area contributed by atoms with Crippen LogP contribution in [0.2, 0.25) is 0 Å². The number of ether oxygens (including phenoxy) is 2. The van der Waals surface area contributed by atoms with Gasteiger partial charge in [-0.25, -0.2) is 0 Å². The predicted octanol–water partition coefficient (Wildman–Crippen LogP) is 1.80. The lowest BCUT2D eigenvalue weighted by atomic mass is 9.82. The molecule has 0 aliphatic carbocycles. The first-order valence-corrected chi connectivity index (χ1v) is 5.98. The van der Waals surface area contributed by atoms with Crippen LogP contribution in [0.3, 0.4) is 0 Å². The van der Waals surface area contributed by atoms with Gasteiger partial charge in [0, 0.05) is 25.7 Å². The molecule has 2 N–H and O–H groups in total. The molecule has 1 saturated heterocycles. The molecule has 5 unspecified atom stereocenters. The Kier molecular flexibility index (Phi) is 5.03. The van der Waals surface area contributed by atoms with E-state index in [0.717, 1.165) is 19.4 Å². The minimum atomic E-state index is 0.245. The average Bonchev–Trinajstić information content (AvgIpc) is 2.41. The quantitative estimate of drug-likeness (QED) is 0.711. The number of hydrogen-bond donors (Lipinski definition) is 1. The van der Waals surface area contributed by atoms with Gasteiger partial charge in [0.2, 0.25) is 0 Å². The molecule has 3 nitrogen and oxygen atoms in total. The Balaban J connectivity index is 2.40. The summed E-state index contributed by atoms with van der Waals surface area (Å²) in [6, 6.07) is 0.245. The summed E-state index contributed by atoms with van der Waals surface area (Å²) in [5.41, 5.74) is 6.23. The van der Waals surface area contributed by atoms with E-state index in [-0.39, 0.29) is 6.04 Å². The normalized spacial score (nSPS) is 38.2. The van der Waals surface area contributed by atoms with Crippen LogP contribution in [0.5, 0.6) is 0 Å². The summed E-state index contributed by atoms with van der Waals surface area (Å²) >= 11 is 0. The molecule has 0 aromatic carbocycles. The van der Waals surface area contributed by atoms with E-state index in [0.29, 0.717) is 24.0 Å². The van der Waals surface area contributed by atoms with E-state index >= 15 is 0 Å². The van der Waals surface area contributed by atoms with Crippen molar-refractivity contribution < 1.29 is 9.47 Å². The zero-order chi connectivity index (χ0) is 11.4. The van der Waals surface area contributed by atoms with Gasteiger partial charge in [-0.05, 0) is 32.6 Å². The highest BCUT2D eigenvalue weighted by molar-refractivity contribution is 4.90. The van der Waals surface area contributed by atoms with Crippen LogP contribution in [0.1, 0.15) is 33.6 Å². The first kappa shape index (κ1) is 12.9. The fourth-order valence-electron chi connectivity index (χ4n) is 2.69. The zero-order valence-corrected chi connectivity index (χ0v) is 10.4. The summed E-state index contributed by atoms with van der Waals surface area (Å²) in [4.78, 5) is 0. The van der Waals surface area contributed by atoms with Gasteiger partial charge in [-0.15, -0.1) is 0 Å². The molecule has 15 heavy (non-hydrogen) atoms. The maximum atomic E-state index is 6.23. The number of hydrogen-bond acceptors (Lipinski definition) is 3. The Morgan fingerprint density at radius 3 is 2.40 bits per heavy atom. The van der Waals surface area contributed by atoms with E-state index in [4.69, 9.17) is 15.2 Å². The smallest absolute Gasteiger partial charge is 0.0597 e. The number of rotatable bonds is 5. The van der Waals surface area contributed by atoms with Gasteiger partial charge in [0.25, 0.3) is 0 Å². The Morgan fingerprint density at radius 2 is 1.93 bits per heavy atom. The maximum Gasteiger partial charge on any atom is 0.0597 e. The number of nitrogens with two attached hydrogens (primary N) is 1. The van der Waals surface area contributed by atoms with Crippen LogP contribution >= 0.6 is 0 Å². The summed E-state index contributed by atoms with van der Waals surface area (Å²) in [5, 5.41) is 0. The Bertz CT molecular complexity index is 186. The molecular formula is C12H25NO2. The van der Waals surface area contributed by atoms with Gasteiger partial charge in [0.15, 0.2) is 0 Å². The average molecular weight is 215 g/mol. The van der Waals surface area contributed by atoms with E-state index < -0.39 is 0 Å². The monoisotopic (exact) mass is 215 g/mol. The number of methoxy groups -OCH3 is 1. The van der Waals surface area contributed by atoms with Crippen molar-refractivity contribution in [2.24, 2.45) is 17.6 Å². The van der Waals surface area contributed by atoms with Crippen LogP contribution in [0.4, 0.5) is 0 Å². The van der Waals surface area contributed by atoms with E-state index in [9.17, 15) is 0 Å². The summed E-state index contributed by atoms with van der Waals surface area (Å²) in [5.74, 6) is 1.06. The molecular weight excluding hydrogens is 190 g/mol. The van der Waals surface area contributed by atoms with E-state index in [2.05, 4.69) is 20.8 Å². The minimum Gasteiger partial charge on any atom is -0.385 e. The van der Waals surface area contributed by atoms with Crippen LogP contribution in [0.15, 0.2) is 0 Å². The van der Waals surface area contributed by atoms with Crippen molar-refractivity contribution in [1.29, 1.82) is 0 Å². The second-order valence-corrected chi connectivity index (χ2v) is 4.78. The molecule has 1 heterocycles. The van der Waals surface area contributed by atoms with Crippen molar-refractivity contribution >= 4 is 0 Å². The summed E-state index contributed by atoms with van der Waals surface area (Å²) in [6.07, 6.45) is 2.72. The lowest BCUT2D eigenvalue weighted by Gasteiger charge is -2.25. The minimum absolute atomic E-state index is 0.245. The van der Waals surface area contributed by atoms with Crippen LogP contribution in [-0.4, -0.2) is 32.0 Å². The van der Waals surface area contributed by atoms with E-state index in [1.807, 2.05) is 0 Å². The van der Waals surface area contributed by atoms with Gasteiger partial charge in [-0.1, -0.05) is 6.92 Å². The van der Waals surface area contributed by atoms with Crippen molar-refractivity contribution in [3.8, 4) is 0 Å². The largest absolute Gasteiger partial charge is 0.385 e. The third kappa shape index (κ3) is 3.16. The lowest BCUT2D eigenvalue weighted by molar-refractivity contribution is 0.0484. The Morgan fingerprint density at radius 1 is 1.27 bits per heavy atom. The predicted molar refractivity (Wildman–Crippen MR) is 61.7 cm³/mol. The van der Waals surface area contributed by atoms with Crippen molar-refractivity contribution in [1.82, 2.24) is 0 Å². The first-order valence-electron chi connectivity index (χ1n) is 5.98. The Labute approximate surface area is 93.3 Å². The topological polar surface area (TPSA) is 44.5 Å². The molecule has 0 aromatic rings. The highest BCUT2D eigenvalue weighted by atomic mass is 16.5. The fourth-order valence-corrected chi connectivity index (χ4v) is 2.69.